The molecule has 4 fully saturated rings. The largest absolute Gasteiger partial charge is 0.352 e. The maximum atomic E-state index is 12.5. The molecule has 0 radical (unpaired) electrons. The van der Waals surface area contributed by atoms with Crippen LogP contribution in [-0.2, 0) is 9.47 Å². The van der Waals surface area contributed by atoms with Gasteiger partial charge in [0.1, 0.15) is 0 Å². The molecule has 0 aromatic heterocycles. The van der Waals surface area contributed by atoms with Crippen molar-refractivity contribution in [3.05, 3.63) is 12.2 Å². The van der Waals surface area contributed by atoms with Gasteiger partial charge >= 0.3 is 0 Å². The number of hydrogen-bond donors (Lipinski definition) is 0. The first-order valence-corrected chi connectivity index (χ1v) is 15.4. The third-order valence-electron chi connectivity index (χ3n) is 10.3. The zero-order chi connectivity index (χ0) is 24.5. The zero-order valence-corrected chi connectivity index (χ0v) is 22.4. The molecule has 1 saturated heterocycles. The van der Waals surface area contributed by atoms with Crippen LogP contribution in [0.15, 0.2) is 12.2 Å². The van der Waals surface area contributed by atoms with Gasteiger partial charge in [0, 0.05) is 5.92 Å². The lowest BCUT2D eigenvalue weighted by Gasteiger charge is -2.38. The van der Waals surface area contributed by atoms with Crippen LogP contribution in [-0.4, -0.2) is 19.5 Å². The Labute approximate surface area is 214 Å². The number of halogens is 2. The van der Waals surface area contributed by atoms with Crippen molar-refractivity contribution in [2.75, 3.05) is 13.2 Å². The highest BCUT2D eigenvalue weighted by Gasteiger charge is 2.32. The van der Waals surface area contributed by atoms with Crippen molar-refractivity contribution in [3.63, 3.8) is 0 Å². The molecule has 1 aliphatic heterocycles. The molecule has 4 rings (SSSR count). The Morgan fingerprint density at radius 1 is 0.629 bits per heavy atom. The number of unbranched alkanes of at least 4 members (excludes halogenated alkanes) is 1. The van der Waals surface area contributed by atoms with E-state index in [-0.39, 0.29) is 12.2 Å². The van der Waals surface area contributed by atoms with Gasteiger partial charge in [-0.05, 0) is 106 Å². The Morgan fingerprint density at radius 2 is 1.11 bits per heavy atom. The van der Waals surface area contributed by atoms with Crippen LogP contribution in [0.3, 0.4) is 0 Å². The molecule has 0 unspecified atom stereocenters. The smallest absolute Gasteiger partial charge is 0.266 e. The lowest BCUT2D eigenvalue weighted by atomic mass is 9.68. The molecule has 4 heteroatoms. The molecule has 35 heavy (non-hydrogen) atoms. The van der Waals surface area contributed by atoms with Crippen LogP contribution in [0, 0.1) is 41.4 Å². The molecule has 0 N–H and O–H groups in total. The van der Waals surface area contributed by atoms with Gasteiger partial charge in [-0.1, -0.05) is 58.3 Å². The zero-order valence-electron chi connectivity index (χ0n) is 22.4. The van der Waals surface area contributed by atoms with E-state index in [4.69, 9.17) is 9.47 Å². The van der Waals surface area contributed by atoms with Crippen molar-refractivity contribution in [3.8, 4) is 0 Å². The molecule has 3 saturated carbocycles. The van der Waals surface area contributed by atoms with Crippen molar-refractivity contribution in [1.82, 2.24) is 0 Å². The minimum atomic E-state index is -1.49. The Morgan fingerprint density at radius 3 is 1.66 bits per heavy atom. The topological polar surface area (TPSA) is 18.5 Å². The predicted molar refractivity (Wildman–Crippen MR) is 139 cm³/mol. The van der Waals surface area contributed by atoms with Crippen molar-refractivity contribution < 1.29 is 18.3 Å². The summed E-state index contributed by atoms with van der Waals surface area (Å²) in [5, 5.41) is 0. The molecule has 0 spiro atoms. The van der Waals surface area contributed by atoms with Gasteiger partial charge in [-0.25, -0.2) is 0 Å². The van der Waals surface area contributed by atoms with Crippen molar-refractivity contribution in [2.45, 2.75) is 129 Å². The second kappa shape index (κ2) is 14.5. The molecule has 1 heterocycles. The van der Waals surface area contributed by atoms with Crippen LogP contribution >= 0.6 is 0 Å². The maximum absolute atomic E-state index is 12.5. The fourth-order valence-electron chi connectivity index (χ4n) is 8.01. The molecule has 0 atom stereocenters. The number of hydrogen-bond acceptors (Lipinski definition) is 2. The second-order valence-corrected chi connectivity index (χ2v) is 12.6. The molecule has 4 aliphatic rings. The van der Waals surface area contributed by atoms with E-state index in [2.05, 4.69) is 6.92 Å². The predicted octanol–water partition coefficient (Wildman–Crippen LogP) is 9.54. The van der Waals surface area contributed by atoms with E-state index in [0.717, 1.165) is 74.9 Å². The molecule has 0 aromatic carbocycles. The summed E-state index contributed by atoms with van der Waals surface area (Å²) in [5.41, 5.74) is 0. The number of ether oxygens (including phenoxy) is 2. The van der Waals surface area contributed by atoms with Crippen LogP contribution in [0.4, 0.5) is 8.78 Å². The van der Waals surface area contributed by atoms with Crippen LogP contribution in [0.5, 0.6) is 0 Å². The normalized spacial score (nSPS) is 38.7. The monoisotopic (exact) mass is 494 g/mol. The Hall–Kier alpha value is -0.480. The second-order valence-electron chi connectivity index (χ2n) is 12.6. The van der Waals surface area contributed by atoms with Crippen molar-refractivity contribution >= 4 is 0 Å². The maximum Gasteiger partial charge on any atom is 0.266 e. The quantitative estimate of drug-likeness (QED) is 0.281. The van der Waals surface area contributed by atoms with Crippen molar-refractivity contribution in [1.29, 1.82) is 0 Å². The summed E-state index contributed by atoms with van der Waals surface area (Å²) in [7, 11) is 0. The van der Waals surface area contributed by atoms with Gasteiger partial charge < -0.3 is 9.47 Å². The van der Waals surface area contributed by atoms with Crippen LogP contribution in [0.25, 0.3) is 0 Å². The highest BCUT2D eigenvalue weighted by molar-refractivity contribution is 4.92. The van der Waals surface area contributed by atoms with Gasteiger partial charge in [-0.15, -0.1) is 0 Å². The molecule has 0 aromatic rings. The minimum Gasteiger partial charge on any atom is -0.352 e. The average Bonchev–Trinajstić information content (AvgIpc) is 2.88. The first-order valence-electron chi connectivity index (χ1n) is 15.4. The van der Waals surface area contributed by atoms with Gasteiger partial charge in [0.15, 0.2) is 6.29 Å². The standard InChI is InChI=1S/C31H52F2O2/c1-2-5-23-8-16-28(17-9-23)29-21-34-31(35-22-29)7-4-3-6-24-10-14-26(15-11-24)27-18-12-25(13-19-27)20-30(32)33/h20,23-29,31H,2-19,21-22H2,1H3. The summed E-state index contributed by atoms with van der Waals surface area (Å²) < 4.78 is 37.3. The first-order chi connectivity index (χ1) is 17.1. The highest BCUT2D eigenvalue weighted by Crippen LogP contribution is 2.43. The summed E-state index contributed by atoms with van der Waals surface area (Å²) in [6, 6.07) is 0. The van der Waals surface area contributed by atoms with E-state index in [9.17, 15) is 8.78 Å². The fourth-order valence-corrected chi connectivity index (χ4v) is 8.01. The van der Waals surface area contributed by atoms with E-state index in [1.165, 1.54) is 89.5 Å². The lowest BCUT2D eigenvalue weighted by molar-refractivity contribution is -0.212. The van der Waals surface area contributed by atoms with Gasteiger partial charge in [0.25, 0.3) is 6.08 Å². The van der Waals surface area contributed by atoms with E-state index < -0.39 is 6.08 Å². The summed E-state index contributed by atoms with van der Waals surface area (Å²) in [6.45, 7) is 4.14. The summed E-state index contributed by atoms with van der Waals surface area (Å²) in [6.07, 6.45) is 22.8. The van der Waals surface area contributed by atoms with Crippen molar-refractivity contribution in [2.24, 2.45) is 41.4 Å². The summed E-state index contributed by atoms with van der Waals surface area (Å²) in [4.78, 5) is 0. The van der Waals surface area contributed by atoms with E-state index in [1.54, 1.807) is 0 Å². The Balaban J connectivity index is 1.02. The number of rotatable bonds is 10. The minimum absolute atomic E-state index is 0.0364. The van der Waals surface area contributed by atoms with Crippen LogP contribution < -0.4 is 0 Å². The van der Waals surface area contributed by atoms with Gasteiger partial charge in [-0.2, -0.15) is 8.78 Å². The average molecular weight is 495 g/mol. The fraction of sp³-hybridized carbons (Fsp3) is 0.935. The molecule has 3 aliphatic carbocycles. The first kappa shape index (κ1) is 27.6. The molecule has 0 bridgehead atoms. The van der Waals surface area contributed by atoms with E-state index in [1.807, 2.05) is 0 Å². The van der Waals surface area contributed by atoms with Crippen LogP contribution in [0.2, 0.25) is 0 Å². The van der Waals surface area contributed by atoms with E-state index >= 15 is 0 Å². The SMILES string of the molecule is CCCC1CCC(C2COC(CCCCC3CCC(C4CCC(C=C(F)F)CC4)CC3)OC2)CC1. The molecular weight excluding hydrogens is 442 g/mol. The highest BCUT2D eigenvalue weighted by atomic mass is 19.3. The van der Waals surface area contributed by atoms with Gasteiger partial charge in [0.2, 0.25) is 0 Å². The van der Waals surface area contributed by atoms with Crippen LogP contribution in [0.1, 0.15) is 122 Å². The third-order valence-corrected chi connectivity index (χ3v) is 10.3. The molecular formula is C31H52F2O2. The summed E-state index contributed by atoms with van der Waals surface area (Å²) in [5.74, 6) is 5.09. The molecule has 202 valence electrons. The van der Waals surface area contributed by atoms with Gasteiger partial charge in [0.05, 0.1) is 13.2 Å². The Bertz CT molecular complexity index is 601. The summed E-state index contributed by atoms with van der Waals surface area (Å²) >= 11 is 0. The Kier molecular flexibility index (Phi) is 11.4. The molecule has 0 amide bonds. The number of allylic oxidation sites excluding steroid dienone is 1. The third kappa shape index (κ3) is 8.80. The molecule has 2 nitrogen and oxygen atoms in total. The van der Waals surface area contributed by atoms with Gasteiger partial charge in [-0.3, -0.25) is 0 Å². The van der Waals surface area contributed by atoms with E-state index in [0.29, 0.717) is 5.92 Å². The lowest BCUT2D eigenvalue weighted by Crippen LogP contribution is -2.37.